The lowest BCUT2D eigenvalue weighted by Crippen LogP contribution is -2.41. The molecular formula is C22H23N5O4S. The minimum atomic E-state index is -3.48. The molecule has 4 rings (SSSR count). The monoisotopic (exact) mass is 453 g/mol. The summed E-state index contributed by atoms with van der Waals surface area (Å²) in [6.45, 7) is 0.618. The van der Waals surface area contributed by atoms with Crippen molar-refractivity contribution in [3.63, 3.8) is 0 Å². The predicted molar refractivity (Wildman–Crippen MR) is 122 cm³/mol. The van der Waals surface area contributed by atoms with Gasteiger partial charge in [0.2, 0.25) is 0 Å². The van der Waals surface area contributed by atoms with E-state index in [1.807, 2.05) is 18.2 Å². The fourth-order valence-corrected chi connectivity index (χ4v) is 4.20. The summed E-state index contributed by atoms with van der Waals surface area (Å²) in [5.41, 5.74) is 4.09. The molecule has 32 heavy (non-hydrogen) atoms. The number of anilines is 2. The zero-order valence-electron chi connectivity index (χ0n) is 17.7. The molecule has 0 bridgehead atoms. The summed E-state index contributed by atoms with van der Waals surface area (Å²) in [4.78, 5) is 26.8. The number of nitrogens with zero attached hydrogens (tertiary/aromatic N) is 3. The number of hydrogen-bond donors (Lipinski definition) is 2. The largest absolute Gasteiger partial charge is 0.341 e. The van der Waals surface area contributed by atoms with Crippen LogP contribution in [0.25, 0.3) is 11.1 Å². The number of carbonyl (C=O) groups is 2. The lowest BCUT2D eigenvalue weighted by molar-refractivity contribution is 0.102. The van der Waals surface area contributed by atoms with Gasteiger partial charge in [0, 0.05) is 30.4 Å². The Morgan fingerprint density at radius 1 is 1.09 bits per heavy atom. The maximum atomic E-state index is 12.9. The Bertz CT molecular complexity index is 1300. The van der Waals surface area contributed by atoms with Gasteiger partial charge in [-0.05, 0) is 48.2 Å². The van der Waals surface area contributed by atoms with Crippen LogP contribution in [0.5, 0.6) is 0 Å². The summed E-state index contributed by atoms with van der Waals surface area (Å²) in [5.74, 6) is -0.315. The number of amides is 3. The van der Waals surface area contributed by atoms with Gasteiger partial charge >= 0.3 is 6.03 Å². The van der Waals surface area contributed by atoms with Crippen LogP contribution in [0.1, 0.15) is 22.3 Å². The number of carbonyl (C=O) groups excluding carboxylic acids is 2. The van der Waals surface area contributed by atoms with Crippen LogP contribution in [0.3, 0.4) is 0 Å². The number of nitrogens with one attached hydrogen (secondary N) is 2. The van der Waals surface area contributed by atoms with E-state index in [0.29, 0.717) is 28.9 Å². The highest BCUT2D eigenvalue weighted by Crippen LogP contribution is 2.30. The van der Waals surface area contributed by atoms with E-state index in [-0.39, 0.29) is 11.9 Å². The second kappa shape index (κ2) is 8.46. The van der Waals surface area contributed by atoms with Gasteiger partial charge in [0.15, 0.2) is 0 Å². The fourth-order valence-electron chi connectivity index (χ4n) is 3.68. The van der Waals surface area contributed by atoms with Crippen LogP contribution in [-0.4, -0.2) is 49.4 Å². The highest BCUT2D eigenvalue weighted by molar-refractivity contribution is 7.89. The first-order valence-electron chi connectivity index (χ1n) is 10.1. The Morgan fingerprint density at radius 3 is 2.62 bits per heavy atom. The fraction of sp³-hybridized carbons (Fsp3) is 0.227. The van der Waals surface area contributed by atoms with Crippen LogP contribution in [0, 0.1) is 0 Å². The predicted octanol–water partition coefficient (Wildman–Crippen LogP) is 2.70. The normalized spacial score (nSPS) is 13.4. The van der Waals surface area contributed by atoms with E-state index >= 15 is 0 Å². The summed E-state index contributed by atoms with van der Waals surface area (Å²) >= 11 is 0. The first kappa shape index (κ1) is 21.6. The molecule has 0 aliphatic carbocycles. The van der Waals surface area contributed by atoms with E-state index in [1.54, 1.807) is 36.2 Å². The molecule has 0 saturated heterocycles. The first-order valence-corrected chi connectivity index (χ1v) is 11.9. The third kappa shape index (κ3) is 4.35. The van der Waals surface area contributed by atoms with Gasteiger partial charge in [0.05, 0.1) is 24.3 Å². The Labute approximate surface area is 186 Å². The van der Waals surface area contributed by atoms with Crippen molar-refractivity contribution in [1.82, 2.24) is 14.5 Å². The molecule has 1 aliphatic heterocycles. The highest BCUT2D eigenvalue weighted by Gasteiger charge is 2.22. The summed E-state index contributed by atoms with van der Waals surface area (Å²) in [6, 6.07) is 12.2. The highest BCUT2D eigenvalue weighted by atomic mass is 32.2. The molecule has 9 nitrogen and oxygen atoms in total. The summed E-state index contributed by atoms with van der Waals surface area (Å²) in [7, 11) is -1.89. The zero-order valence-corrected chi connectivity index (χ0v) is 18.5. The Balaban J connectivity index is 1.57. The molecule has 2 aromatic carbocycles. The zero-order chi connectivity index (χ0) is 22.9. The molecule has 0 unspecified atom stereocenters. The second-order valence-electron chi connectivity index (χ2n) is 7.55. The maximum absolute atomic E-state index is 12.9. The van der Waals surface area contributed by atoms with Crippen molar-refractivity contribution in [3.8, 4) is 11.1 Å². The standard InChI is InChI=1S/C22H23N5O4S/c1-23-22(29)26-10-4-7-15-8-9-19(12-20(15)26)25-21(28)17-6-3-5-16(11-17)18-13-24-27(14-18)32(2,30)31/h3,5-6,8-9,11-14H,4,7,10H2,1-2H3,(H,23,29)(H,25,28). The van der Waals surface area contributed by atoms with Gasteiger partial charge in [-0.1, -0.05) is 18.2 Å². The lowest BCUT2D eigenvalue weighted by Gasteiger charge is -2.29. The van der Waals surface area contributed by atoms with Crippen LogP contribution in [-0.2, 0) is 16.4 Å². The molecule has 0 radical (unpaired) electrons. The van der Waals surface area contributed by atoms with Crippen molar-refractivity contribution in [2.75, 3.05) is 30.1 Å². The van der Waals surface area contributed by atoms with Crippen molar-refractivity contribution in [3.05, 3.63) is 66.0 Å². The van der Waals surface area contributed by atoms with E-state index in [4.69, 9.17) is 0 Å². The third-order valence-corrected chi connectivity index (χ3v) is 6.16. The van der Waals surface area contributed by atoms with E-state index in [1.165, 1.54) is 12.4 Å². The first-order chi connectivity index (χ1) is 15.3. The maximum Gasteiger partial charge on any atom is 0.321 e. The summed E-state index contributed by atoms with van der Waals surface area (Å²) in [6.07, 6.45) is 5.67. The number of aryl methyl sites for hydroxylation is 1. The van der Waals surface area contributed by atoms with Crippen molar-refractivity contribution in [2.24, 2.45) is 0 Å². The molecular weight excluding hydrogens is 430 g/mol. The van der Waals surface area contributed by atoms with E-state index in [0.717, 1.165) is 34.4 Å². The van der Waals surface area contributed by atoms with Crippen molar-refractivity contribution < 1.29 is 18.0 Å². The van der Waals surface area contributed by atoms with E-state index in [9.17, 15) is 18.0 Å². The van der Waals surface area contributed by atoms with Crippen LogP contribution in [0.2, 0.25) is 0 Å². The van der Waals surface area contributed by atoms with Gasteiger partial charge in [0.25, 0.3) is 15.9 Å². The van der Waals surface area contributed by atoms with Crippen molar-refractivity contribution >= 4 is 33.3 Å². The van der Waals surface area contributed by atoms with Crippen LogP contribution in [0.15, 0.2) is 54.9 Å². The minimum Gasteiger partial charge on any atom is -0.341 e. The Kier molecular flexibility index (Phi) is 5.70. The van der Waals surface area contributed by atoms with Gasteiger partial charge < -0.3 is 10.6 Å². The van der Waals surface area contributed by atoms with Crippen LogP contribution < -0.4 is 15.5 Å². The molecule has 0 atom stereocenters. The average molecular weight is 454 g/mol. The summed E-state index contributed by atoms with van der Waals surface area (Å²) < 4.78 is 24.2. The molecule has 2 N–H and O–H groups in total. The SMILES string of the molecule is CNC(=O)N1CCCc2ccc(NC(=O)c3cccc(-c4cnn(S(C)(=O)=O)c4)c3)cc21. The van der Waals surface area contributed by atoms with Crippen molar-refractivity contribution in [2.45, 2.75) is 12.8 Å². The Hall–Kier alpha value is -3.66. The molecule has 3 amide bonds. The van der Waals surface area contributed by atoms with Crippen molar-refractivity contribution in [1.29, 1.82) is 0 Å². The smallest absolute Gasteiger partial charge is 0.321 e. The van der Waals surface area contributed by atoms with E-state index < -0.39 is 10.0 Å². The summed E-state index contributed by atoms with van der Waals surface area (Å²) in [5, 5.41) is 9.40. The molecule has 166 valence electrons. The number of hydrogen-bond acceptors (Lipinski definition) is 5. The molecule has 1 aromatic heterocycles. The number of benzene rings is 2. The number of fused-ring (bicyclic) bond motifs is 1. The van der Waals surface area contributed by atoms with Crippen LogP contribution >= 0.6 is 0 Å². The topological polar surface area (TPSA) is 113 Å². The average Bonchev–Trinajstić information content (AvgIpc) is 3.29. The number of urea groups is 1. The minimum absolute atomic E-state index is 0.184. The number of aromatic nitrogens is 2. The van der Waals surface area contributed by atoms with Gasteiger partial charge in [-0.15, -0.1) is 0 Å². The van der Waals surface area contributed by atoms with Gasteiger partial charge in [-0.2, -0.15) is 9.19 Å². The molecule has 10 heteroatoms. The molecule has 0 fully saturated rings. The quantitative estimate of drug-likeness (QED) is 0.631. The number of rotatable bonds is 4. The third-order valence-electron chi connectivity index (χ3n) is 5.28. The second-order valence-corrected chi connectivity index (χ2v) is 9.39. The molecule has 0 saturated carbocycles. The molecule has 0 spiro atoms. The van der Waals surface area contributed by atoms with Gasteiger partial charge in [-0.3, -0.25) is 9.69 Å². The Morgan fingerprint density at radius 2 is 1.91 bits per heavy atom. The van der Waals surface area contributed by atoms with Gasteiger partial charge in [0.1, 0.15) is 0 Å². The molecule has 1 aliphatic rings. The van der Waals surface area contributed by atoms with Crippen LogP contribution in [0.4, 0.5) is 16.2 Å². The van der Waals surface area contributed by atoms with Gasteiger partial charge in [-0.25, -0.2) is 13.2 Å². The molecule has 2 heterocycles. The lowest BCUT2D eigenvalue weighted by atomic mass is 10.0. The molecule has 3 aromatic rings. The van der Waals surface area contributed by atoms with E-state index in [2.05, 4.69) is 15.7 Å².